The lowest BCUT2D eigenvalue weighted by molar-refractivity contribution is -0.125. The first-order valence-corrected chi connectivity index (χ1v) is 7.27. The molecule has 1 aliphatic heterocycles. The molecule has 0 saturated carbocycles. The minimum atomic E-state index is -0.690. The Morgan fingerprint density at radius 1 is 1.22 bits per heavy atom. The first-order valence-electron chi connectivity index (χ1n) is 7.27. The van der Waals surface area contributed by atoms with Crippen LogP contribution in [0, 0.1) is 5.41 Å². The minimum Gasteiger partial charge on any atom is -0.370 e. The summed E-state index contributed by atoms with van der Waals surface area (Å²) in [6, 6.07) is 1.80. The standard InChI is InChI=1S/C14H23N7O.HI/c1-14(2,11(15)22)10-19-12(16)20-6-8-21(9-7-20)13-17-4-3-5-18-13;/h3-5H,6-10H2,1-2H3,(H2,15,22)(H2,16,19);1H. The average molecular weight is 433 g/mol. The van der Waals surface area contributed by atoms with Gasteiger partial charge < -0.3 is 21.3 Å². The molecule has 8 nitrogen and oxygen atoms in total. The van der Waals surface area contributed by atoms with Crippen molar-refractivity contribution in [3.63, 3.8) is 0 Å². The molecule has 0 radical (unpaired) electrons. The zero-order valence-corrected chi connectivity index (χ0v) is 15.8. The van der Waals surface area contributed by atoms with Crippen LogP contribution in [0.3, 0.4) is 0 Å². The molecule has 1 saturated heterocycles. The average Bonchev–Trinajstić information content (AvgIpc) is 2.53. The normalized spacial score (nSPS) is 16.0. The SMILES string of the molecule is CC(C)(CN=C(N)N1CCN(c2ncccn2)CC1)C(N)=O.I. The fourth-order valence-corrected chi connectivity index (χ4v) is 2.05. The highest BCUT2D eigenvalue weighted by atomic mass is 127. The van der Waals surface area contributed by atoms with Crippen molar-refractivity contribution in [2.75, 3.05) is 37.6 Å². The van der Waals surface area contributed by atoms with E-state index in [4.69, 9.17) is 11.5 Å². The number of carbonyl (C=O) groups is 1. The van der Waals surface area contributed by atoms with E-state index in [-0.39, 0.29) is 36.4 Å². The summed E-state index contributed by atoms with van der Waals surface area (Å²) in [5.74, 6) is 0.797. The van der Waals surface area contributed by atoms with E-state index < -0.39 is 5.41 Å². The predicted octanol–water partition coefficient (Wildman–Crippen LogP) is 0.0428. The molecule has 9 heteroatoms. The lowest BCUT2D eigenvalue weighted by Gasteiger charge is -2.35. The van der Waals surface area contributed by atoms with Gasteiger partial charge in [-0.1, -0.05) is 0 Å². The van der Waals surface area contributed by atoms with Gasteiger partial charge in [-0.25, -0.2) is 9.97 Å². The van der Waals surface area contributed by atoms with E-state index in [2.05, 4.69) is 19.9 Å². The number of anilines is 1. The number of primary amides is 1. The highest BCUT2D eigenvalue weighted by Crippen LogP contribution is 2.15. The maximum atomic E-state index is 11.3. The largest absolute Gasteiger partial charge is 0.370 e. The van der Waals surface area contributed by atoms with Gasteiger partial charge >= 0.3 is 0 Å². The van der Waals surface area contributed by atoms with Gasteiger partial charge in [-0.15, -0.1) is 24.0 Å². The number of amides is 1. The van der Waals surface area contributed by atoms with Gasteiger partial charge in [0, 0.05) is 38.6 Å². The Kier molecular flexibility index (Phi) is 6.98. The summed E-state index contributed by atoms with van der Waals surface area (Å²) in [5.41, 5.74) is 10.7. The fraction of sp³-hybridized carbons (Fsp3) is 0.571. The van der Waals surface area contributed by atoms with Crippen LogP contribution in [0.4, 0.5) is 5.95 Å². The van der Waals surface area contributed by atoms with Crippen LogP contribution in [-0.4, -0.2) is 59.5 Å². The van der Waals surface area contributed by atoms with E-state index in [0.717, 1.165) is 32.1 Å². The van der Waals surface area contributed by atoms with Crippen LogP contribution in [0.15, 0.2) is 23.5 Å². The number of piperazine rings is 1. The molecule has 1 aliphatic rings. The van der Waals surface area contributed by atoms with Crippen LogP contribution in [0.2, 0.25) is 0 Å². The minimum absolute atomic E-state index is 0. The van der Waals surface area contributed by atoms with Crippen LogP contribution < -0.4 is 16.4 Å². The van der Waals surface area contributed by atoms with Crippen LogP contribution in [0.25, 0.3) is 0 Å². The number of aliphatic imine (C=N–C) groups is 1. The summed E-state index contributed by atoms with van der Waals surface area (Å²) in [4.78, 5) is 28.2. The van der Waals surface area contributed by atoms with E-state index >= 15 is 0 Å². The third kappa shape index (κ3) is 5.19. The number of hydrogen-bond donors (Lipinski definition) is 2. The summed E-state index contributed by atoms with van der Waals surface area (Å²) in [7, 11) is 0. The summed E-state index contributed by atoms with van der Waals surface area (Å²) in [6.45, 7) is 6.85. The zero-order valence-electron chi connectivity index (χ0n) is 13.5. The maximum absolute atomic E-state index is 11.3. The monoisotopic (exact) mass is 433 g/mol. The third-order valence-electron chi connectivity index (χ3n) is 3.74. The topological polar surface area (TPSA) is 114 Å². The molecular weight excluding hydrogens is 409 g/mol. The molecule has 2 heterocycles. The van der Waals surface area contributed by atoms with E-state index in [1.807, 2.05) is 4.90 Å². The molecule has 128 valence electrons. The Morgan fingerprint density at radius 3 is 2.30 bits per heavy atom. The zero-order chi connectivity index (χ0) is 16.2. The molecule has 1 aromatic heterocycles. The summed E-state index contributed by atoms with van der Waals surface area (Å²) >= 11 is 0. The fourth-order valence-electron chi connectivity index (χ4n) is 2.05. The van der Waals surface area contributed by atoms with E-state index in [9.17, 15) is 4.79 Å². The Morgan fingerprint density at radius 2 is 1.78 bits per heavy atom. The van der Waals surface area contributed by atoms with Gasteiger partial charge in [-0.05, 0) is 19.9 Å². The highest BCUT2D eigenvalue weighted by Gasteiger charge is 2.25. The van der Waals surface area contributed by atoms with Crippen LogP contribution in [0.5, 0.6) is 0 Å². The summed E-state index contributed by atoms with van der Waals surface area (Å²) in [5, 5.41) is 0. The van der Waals surface area contributed by atoms with Crippen LogP contribution in [-0.2, 0) is 4.79 Å². The van der Waals surface area contributed by atoms with Crippen LogP contribution >= 0.6 is 24.0 Å². The molecule has 1 aromatic rings. The van der Waals surface area contributed by atoms with Crippen molar-refractivity contribution in [2.24, 2.45) is 21.9 Å². The van der Waals surface area contributed by atoms with Gasteiger partial charge in [0.25, 0.3) is 0 Å². The van der Waals surface area contributed by atoms with Crippen molar-refractivity contribution in [3.8, 4) is 0 Å². The molecule has 23 heavy (non-hydrogen) atoms. The molecule has 0 unspecified atom stereocenters. The number of halogens is 1. The number of nitrogens with two attached hydrogens (primary N) is 2. The van der Waals surface area contributed by atoms with Crippen molar-refractivity contribution in [3.05, 3.63) is 18.5 Å². The van der Waals surface area contributed by atoms with Crippen molar-refractivity contribution in [1.29, 1.82) is 0 Å². The van der Waals surface area contributed by atoms with Crippen molar-refractivity contribution < 1.29 is 4.79 Å². The quantitative estimate of drug-likeness (QED) is 0.394. The highest BCUT2D eigenvalue weighted by molar-refractivity contribution is 14.0. The number of aromatic nitrogens is 2. The molecule has 1 fully saturated rings. The second kappa shape index (κ2) is 8.27. The van der Waals surface area contributed by atoms with Crippen molar-refractivity contribution >= 4 is 41.8 Å². The number of carbonyl (C=O) groups excluding carboxylic acids is 1. The van der Waals surface area contributed by atoms with Crippen molar-refractivity contribution in [1.82, 2.24) is 14.9 Å². The van der Waals surface area contributed by atoms with Gasteiger partial charge in [0.15, 0.2) is 5.96 Å². The first kappa shape index (κ1) is 19.4. The lowest BCUT2D eigenvalue weighted by atomic mass is 9.93. The van der Waals surface area contributed by atoms with Gasteiger partial charge in [0.05, 0.1) is 12.0 Å². The number of guanidine groups is 1. The molecule has 0 aromatic carbocycles. The Labute approximate surface area is 153 Å². The Bertz CT molecular complexity index is 541. The lowest BCUT2D eigenvalue weighted by Crippen LogP contribution is -2.52. The van der Waals surface area contributed by atoms with Gasteiger partial charge in [0.1, 0.15) is 0 Å². The predicted molar refractivity (Wildman–Crippen MR) is 101 cm³/mol. The molecule has 0 bridgehead atoms. The van der Waals surface area contributed by atoms with Gasteiger partial charge in [-0.2, -0.15) is 0 Å². The number of hydrogen-bond acceptors (Lipinski definition) is 5. The number of nitrogens with zero attached hydrogens (tertiary/aromatic N) is 5. The molecule has 0 atom stereocenters. The second-order valence-corrected chi connectivity index (χ2v) is 5.95. The van der Waals surface area contributed by atoms with Crippen molar-refractivity contribution in [2.45, 2.75) is 13.8 Å². The molecule has 0 spiro atoms. The Hall–Kier alpha value is -1.65. The van der Waals surface area contributed by atoms with Gasteiger partial charge in [0.2, 0.25) is 11.9 Å². The Balaban J connectivity index is 0.00000264. The maximum Gasteiger partial charge on any atom is 0.225 e. The molecule has 1 amide bonds. The van der Waals surface area contributed by atoms with E-state index in [0.29, 0.717) is 5.96 Å². The molecular formula is C14H24IN7O. The van der Waals surface area contributed by atoms with E-state index in [1.165, 1.54) is 0 Å². The smallest absolute Gasteiger partial charge is 0.225 e. The summed E-state index contributed by atoms with van der Waals surface area (Å²) in [6.07, 6.45) is 3.47. The molecule has 4 N–H and O–H groups in total. The first-order chi connectivity index (χ1) is 10.4. The molecule has 0 aliphatic carbocycles. The number of rotatable bonds is 4. The second-order valence-electron chi connectivity index (χ2n) is 5.95. The van der Waals surface area contributed by atoms with Crippen LogP contribution in [0.1, 0.15) is 13.8 Å². The third-order valence-corrected chi connectivity index (χ3v) is 3.74. The van der Waals surface area contributed by atoms with E-state index in [1.54, 1.807) is 32.3 Å². The van der Waals surface area contributed by atoms with Gasteiger partial charge in [-0.3, -0.25) is 9.79 Å². The summed E-state index contributed by atoms with van der Waals surface area (Å²) < 4.78 is 0. The molecule has 2 rings (SSSR count).